The van der Waals surface area contributed by atoms with E-state index in [1.165, 1.54) is 6.07 Å². The number of hydrogen-bond donors (Lipinski definition) is 1. The van der Waals surface area contributed by atoms with E-state index in [1.54, 1.807) is 23.9 Å². The van der Waals surface area contributed by atoms with Crippen LogP contribution in [0.2, 0.25) is 5.02 Å². The van der Waals surface area contributed by atoms with E-state index in [4.69, 9.17) is 17.3 Å². The second-order valence-electron chi connectivity index (χ2n) is 5.36. The fraction of sp³-hybridized carbons (Fsp3) is 0.400. The van der Waals surface area contributed by atoms with E-state index in [0.29, 0.717) is 22.9 Å². The Kier molecular flexibility index (Phi) is 4.33. The highest BCUT2D eigenvalue weighted by Crippen LogP contribution is 2.34. The fourth-order valence-corrected chi connectivity index (χ4v) is 2.36. The lowest BCUT2D eigenvalue weighted by Crippen LogP contribution is -1.98. The Bertz CT molecular complexity index is 620. The van der Waals surface area contributed by atoms with Gasteiger partial charge < -0.3 is 5.73 Å². The number of halogens is 2. The lowest BCUT2D eigenvalue weighted by Gasteiger charge is -2.08. The number of nitrogens with two attached hydrogens (primary N) is 1. The molecular weight excluding hydrogens is 277 g/mol. The number of anilines is 1. The molecule has 0 saturated carbocycles. The van der Waals surface area contributed by atoms with Crippen molar-refractivity contribution in [2.75, 3.05) is 5.73 Å². The van der Waals surface area contributed by atoms with Gasteiger partial charge in [-0.15, -0.1) is 0 Å². The van der Waals surface area contributed by atoms with Gasteiger partial charge in [0.1, 0.15) is 11.6 Å². The maximum Gasteiger partial charge on any atom is 0.149 e. The summed E-state index contributed by atoms with van der Waals surface area (Å²) in [6.45, 7) is 4.29. The smallest absolute Gasteiger partial charge is 0.149 e. The zero-order valence-corrected chi connectivity index (χ0v) is 12.7. The number of hydrogen-bond acceptors (Lipinski definition) is 2. The molecule has 0 saturated heterocycles. The summed E-state index contributed by atoms with van der Waals surface area (Å²) >= 11 is 5.86. The van der Waals surface area contributed by atoms with Gasteiger partial charge in [0, 0.05) is 18.2 Å². The van der Waals surface area contributed by atoms with Gasteiger partial charge in [-0.3, -0.25) is 4.68 Å². The maximum atomic E-state index is 14.2. The van der Waals surface area contributed by atoms with Gasteiger partial charge in [-0.25, -0.2) is 4.39 Å². The molecule has 1 aromatic heterocycles. The first-order valence-electron chi connectivity index (χ1n) is 6.67. The molecule has 2 aromatic rings. The Hall–Kier alpha value is -1.55. The van der Waals surface area contributed by atoms with Gasteiger partial charge >= 0.3 is 0 Å². The van der Waals surface area contributed by atoms with Crippen molar-refractivity contribution >= 4 is 17.4 Å². The van der Waals surface area contributed by atoms with Crippen molar-refractivity contribution in [1.29, 1.82) is 0 Å². The number of rotatable bonds is 4. The van der Waals surface area contributed by atoms with E-state index >= 15 is 0 Å². The number of aromatic nitrogens is 2. The molecule has 0 aliphatic carbocycles. The van der Waals surface area contributed by atoms with Gasteiger partial charge in [0.05, 0.1) is 10.7 Å². The molecule has 3 nitrogen and oxygen atoms in total. The topological polar surface area (TPSA) is 43.8 Å². The average molecular weight is 296 g/mol. The highest BCUT2D eigenvalue weighted by Gasteiger charge is 2.20. The van der Waals surface area contributed by atoms with Crippen LogP contribution in [-0.4, -0.2) is 9.78 Å². The van der Waals surface area contributed by atoms with Crippen molar-refractivity contribution in [3.8, 4) is 11.1 Å². The molecule has 1 heterocycles. The van der Waals surface area contributed by atoms with E-state index in [1.807, 2.05) is 0 Å². The van der Waals surface area contributed by atoms with Gasteiger partial charge in [-0.1, -0.05) is 37.6 Å². The van der Waals surface area contributed by atoms with Crippen molar-refractivity contribution in [3.63, 3.8) is 0 Å². The first-order valence-corrected chi connectivity index (χ1v) is 7.05. The van der Waals surface area contributed by atoms with Crippen molar-refractivity contribution in [2.45, 2.75) is 26.7 Å². The summed E-state index contributed by atoms with van der Waals surface area (Å²) in [5.74, 6) is 0.569. The lowest BCUT2D eigenvalue weighted by molar-refractivity contribution is 0.576. The fourth-order valence-electron chi connectivity index (χ4n) is 2.19. The van der Waals surface area contributed by atoms with Gasteiger partial charge in [-0.05, 0) is 24.8 Å². The third kappa shape index (κ3) is 2.80. The normalized spacial score (nSPS) is 11.3. The van der Waals surface area contributed by atoms with Crippen LogP contribution < -0.4 is 5.73 Å². The first-order chi connectivity index (χ1) is 9.41. The highest BCUT2D eigenvalue weighted by molar-refractivity contribution is 6.31. The zero-order valence-electron chi connectivity index (χ0n) is 12.0. The average Bonchev–Trinajstić information content (AvgIpc) is 2.67. The largest absolute Gasteiger partial charge is 0.383 e. The molecule has 108 valence electrons. The van der Waals surface area contributed by atoms with E-state index in [0.717, 1.165) is 18.5 Å². The van der Waals surface area contributed by atoms with Crippen molar-refractivity contribution < 1.29 is 4.39 Å². The molecule has 0 fully saturated rings. The second kappa shape index (κ2) is 5.83. The van der Waals surface area contributed by atoms with Crippen molar-refractivity contribution in [2.24, 2.45) is 13.0 Å². The number of aryl methyl sites for hydroxylation is 2. The minimum Gasteiger partial charge on any atom is -0.383 e. The molecule has 0 unspecified atom stereocenters. The Morgan fingerprint density at radius 3 is 2.75 bits per heavy atom. The van der Waals surface area contributed by atoms with Crippen LogP contribution in [0.25, 0.3) is 11.1 Å². The first kappa shape index (κ1) is 14.9. The monoisotopic (exact) mass is 295 g/mol. The van der Waals surface area contributed by atoms with Crippen molar-refractivity contribution in [3.05, 3.63) is 34.7 Å². The molecule has 0 atom stereocenters. The van der Waals surface area contributed by atoms with Crippen LogP contribution in [0.15, 0.2) is 18.2 Å². The molecule has 0 bridgehead atoms. The second-order valence-corrected chi connectivity index (χ2v) is 5.77. The summed E-state index contributed by atoms with van der Waals surface area (Å²) in [5.41, 5.74) is 7.95. The number of nitrogen functional groups attached to an aromatic ring is 1. The van der Waals surface area contributed by atoms with Crippen LogP contribution in [0.3, 0.4) is 0 Å². The van der Waals surface area contributed by atoms with Crippen molar-refractivity contribution in [1.82, 2.24) is 9.78 Å². The van der Waals surface area contributed by atoms with E-state index < -0.39 is 5.82 Å². The molecule has 5 heteroatoms. The molecule has 2 rings (SSSR count). The summed E-state index contributed by atoms with van der Waals surface area (Å²) < 4.78 is 15.8. The summed E-state index contributed by atoms with van der Waals surface area (Å²) in [7, 11) is 1.76. The minimum absolute atomic E-state index is 0.0977. The van der Waals surface area contributed by atoms with Crippen LogP contribution in [-0.2, 0) is 13.5 Å². The van der Waals surface area contributed by atoms with Crippen LogP contribution in [0, 0.1) is 11.7 Å². The summed E-state index contributed by atoms with van der Waals surface area (Å²) in [4.78, 5) is 0. The summed E-state index contributed by atoms with van der Waals surface area (Å²) in [6.07, 6.45) is 1.75. The molecule has 2 N–H and O–H groups in total. The standard InChI is InChI=1S/C15H19ClFN3/c1-9(2)7-8-12-13(15(18)20(3)19-12)10-5-4-6-11(16)14(10)17/h4-6,9H,7-8,18H2,1-3H3. The third-order valence-electron chi connectivity index (χ3n) is 3.34. The molecule has 0 aliphatic rings. The van der Waals surface area contributed by atoms with Gasteiger partial charge in [0.25, 0.3) is 0 Å². The van der Waals surface area contributed by atoms with Gasteiger partial charge in [-0.2, -0.15) is 5.10 Å². The molecule has 0 amide bonds. The number of benzene rings is 1. The Morgan fingerprint density at radius 1 is 1.40 bits per heavy atom. The maximum absolute atomic E-state index is 14.2. The van der Waals surface area contributed by atoms with Crippen LogP contribution in [0.4, 0.5) is 10.2 Å². The summed E-state index contributed by atoms with van der Waals surface area (Å²) in [5, 5.41) is 4.51. The third-order valence-corrected chi connectivity index (χ3v) is 3.64. The van der Waals surface area contributed by atoms with Gasteiger partial charge in [0.15, 0.2) is 0 Å². The number of nitrogens with zero attached hydrogens (tertiary/aromatic N) is 2. The minimum atomic E-state index is -0.445. The van der Waals surface area contributed by atoms with Crippen LogP contribution in [0.5, 0.6) is 0 Å². The molecule has 20 heavy (non-hydrogen) atoms. The van der Waals surface area contributed by atoms with E-state index in [-0.39, 0.29) is 5.02 Å². The van der Waals surface area contributed by atoms with Crippen LogP contribution in [0.1, 0.15) is 26.0 Å². The molecule has 0 radical (unpaired) electrons. The van der Waals surface area contributed by atoms with E-state index in [9.17, 15) is 4.39 Å². The molecule has 0 spiro atoms. The molecule has 1 aromatic carbocycles. The lowest BCUT2D eigenvalue weighted by atomic mass is 9.99. The Balaban J connectivity index is 2.52. The van der Waals surface area contributed by atoms with Gasteiger partial charge in [0.2, 0.25) is 0 Å². The highest BCUT2D eigenvalue weighted by atomic mass is 35.5. The Labute approximate surface area is 123 Å². The molecule has 0 aliphatic heterocycles. The van der Waals surface area contributed by atoms with E-state index in [2.05, 4.69) is 18.9 Å². The predicted octanol–water partition coefficient (Wildman–Crippen LogP) is 4.05. The van der Waals surface area contributed by atoms with Crippen LogP contribution >= 0.6 is 11.6 Å². The molecular formula is C15H19ClFN3. The predicted molar refractivity (Wildman–Crippen MR) is 81.2 cm³/mol. The zero-order chi connectivity index (χ0) is 14.9. The summed E-state index contributed by atoms with van der Waals surface area (Å²) in [6, 6.07) is 4.94. The Morgan fingerprint density at radius 2 is 2.10 bits per heavy atom. The quantitative estimate of drug-likeness (QED) is 0.925. The SMILES string of the molecule is CC(C)CCc1nn(C)c(N)c1-c1cccc(Cl)c1F.